The largest absolute Gasteiger partial charge is 0.0776 e. The summed E-state index contributed by atoms with van der Waals surface area (Å²) in [5.74, 6) is 0. The third kappa shape index (κ3) is 32.0. The lowest BCUT2D eigenvalue weighted by molar-refractivity contribution is 0.602. The van der Waals surface area contributed by atoms with Crippen molar-refractivity contribution in [3.63, 3.8) is 0 Å². The predicted molar refractivity (Wildman–Crippen MR) is 94.1 cm³/mol. The molecule has 0 atom stereocenters. The SMILES string of the molecule is C.CCCCCCCCC.CCCCCCCCC. The summed E-state index contributed by atoms with van der Waals surface area (Å²) in [7, 11) is 0. The van der Waals surface area contributed by atoms with Crippen LogP contribution in [0.1, 0.15) is 125 Å². The molecule has 0 nitrogen and oxygen atoms in total. The molecule has 0 bridgehead atoms. The van der Waals surface area contributed by atoms with E-state index in [1.165, 1.54) is 89.9 Å². The normalized spacial score (nSPS) is 9.47. The average molecular weight is 273 g/mol. The average Bonchev–Trinajstić information content (AvgIpc) is 2.39. The molecular weight excluding hydrogens is 228 g/mol. The summed E-state index contributed by atoms with van der Waals surface area (Å²) < 4.78 is 0. The zero-order valence-electron chi connectivity index (χ0n) is 13.9. The van der Waals surface area contributed by atoms with Gasteiger partial charge < -0.3 is 0 Å². The van der Waals surface area contributed by atoms with Crippen molar-refractivity contribution in [3.05, 3.63) is 0 Å². The van der Waals surface area contributed by atoms with Crippen molar-refractivity contribution in [2.24, 2.45) is 0 Å². The second-order valence-corrected chi connectivity index (χ2v) is 5.54. The lowest BCUT2D eigenvalue weighted by atomic mass is 10.1. The first kappa shape index (κ1) is 24.0. The molecule has 120 valence electrons. The Labute approximate surface area is 125 Å². The van der Waals surface area contributed by atoms with E-state index in [0.29, 0.717) is 0 Å². The minimum absolute atomic E-state index is 0. The molecule has 0 spiro atoms. The van der Waals surface area contributed by atoms with Crippen LogP contribution >= 0.6 is 0 Å². The summed E-state index contributed by atoms with van der Waals surface area (Å²) in [6.07, 6.45) is 19.9. The molecular formula is C19H44. The third-order valence-electron chi connectivity index (χ3n) is 3.41. The number of hydrogen-bond donors (Lipinski definition) is 0. The third-order valence-corrected chi connectivity index (χ3v) is 3.41. The summed E-state index contributed by atoms with van der Waals surface area (Å²) in [5.41, 5.74) is 0. The molecule has 0 aromatic heterocycles. The highest BCUT2D eigenvalue weighted by molar-refractivity contribution is 4.42. The Kier molecular flexibility index (Phi) is 33.6. The fraction of sp³-hybridized carbons (Fsp3) is 1.00. The highest BCUT2D eigenvalue weighted by Gasteiger charge is 1.86. The van der Waals surface area contributed by atoms with Crippen LogP contribution in [0.5, 0.6) is 0 Å². The summed E-state index contributed by atoms with van der Waals surface area (Å²) in [5, 5.41) is 0. The lowest BCUT2D eigenvalue weighted by Gasteiger charge is -1.96. The summed E-state index contributed by atoms with van der Waals surface area (Å²) in [4.78, 5) is 0. The highest BCUT2D eigenvalue weighted by Crippen LogP contribution is 2.06. The van der Waals surface area contributed by atoms with Crippen LogP contribution in [0.2, 0.25) is 0 Å². The van der Waals surface area contributed by atoms with Gasteiger partial charge in [0.25, 0.3) is 0 Å². The standard InChI is InChI=1S/2C9H20.CH4/c2*1-3-5-7-9-8-6-4-2;/h2*3-9H2,1-2H3;1H4. The molecule has 0 unspecified atom stereocenters. The Balaban J connectivity index is -0.000000256. The molecule has 0 amide bonds. The first-order chi connectivity index (χ1) is 8.83. The molecule has 0 saturated carbocycles. The van der Waals surface area contributed by atoms with Gasteiger partial charge in [-0.25, -0.2) is 0 Å². The second kappa shape index (κ2) is 26.5. The van der Waals surface area contributed by atoms with Gasteiger partial charge in [0.2, 0.25) is 0 Å². The molecule has 0 radical (unpaired) electrons. The van der Waals surface area contributed by atoms with Crippen LogP contribution in [0.25, 0.3) is 0 Å². The van der Waals surface area contributed by atoms with Crippen LogP contribution in [-0.2, 0) is 0 Å². The molecule has 0 heteroatoms. The quantitative estimate of drug-likeness (QED) is 0.314. The van der Waals surface area contributed by atoms with Crippen molar-refractivity contribution in [2.75, 3.05) is 0 Å². The second-order valence-electron chi connectivity index (χ2n) is 5.54. The van der Waals surface area contributed by atoms with Gasteiger partial charge in [0, 0.05) is 0 Å². The molecule has 0 saturated heterocycles. The van der Waals surface area contributed by atoms with Crippen LogP contribution in [0.15, 0.2) is 0 Å². The van der Waals surface area contributed by atoms with Gasteiger partial charge in [-0.2, -0.15) is 0 Å². The van der Waals surface area contributed by atoms with Crippen molar-refractivity contribution in [2.45, 2.75) is 125 Å². The van der Waals surface area contributed by atoms with E-state index in [1.54, 1.807) is 0 Å². The maximum atomic E-state index is 2.26. The Morgan fingerprint density at radius 3 is 0.632 bits per heavy atom. The van der Waals surface area contributed by atoms with Gasteiger partial charge in [0.1, 0.15) is 0 Å². The monoisotopic (exact) mass is 272 g/mol. The van der Waals surface area contributed by atoms with Gasteiger partial charge in [-0.15, -0.1) is 0 Å². The molecule has 0 aliphatic carbocycles. The van der Waals surface area contributed by atoms with Crippen molar-refractivity contribution >= 4 is 0 Å². The molecule has 0 N–H and O–H groups in total. The Morgan fingerprint density at radius 1 is 0.316 bits per heavy atom. The van der Waals surface area contributed by atoms with Crippen molar-refractivity contribution in [3.8, 4) is 0 Å². The van der Waals surface area contributed by atoms with Gasteiger partial charge in [0.05, 0.1) is 0 Å². The number of rotatable bonds is 12. The summed E-state index contributed by atoms with van der Waals surface area (Å²) >= 11 is 0. The molecule has 0 rings (SSSR count). The fourth-order valence-electron chi connectivity index (χ4n) is 2.06. The maximum Gasteiger partial charge on any atom is -0.0533 e. The van der Waals surface area contributed by atoms with Crippen molar-refractivity contribution < 1.29 is 0 Å². The van der Waals surface area contributed by atoms with E-state index in [-0.39, 0.29) is 7.43 Å². The topological polar surface area (TPSA) is 0 Å². The summed E-state index contributed by atoms with van der Waals surface area (Å²) in [6.45, 7) is 9.05. The van der Waals surface area contributed by atoms with E-state index in [0.717, 1.165) is 0 Å². The smallest absolute Gasteiger partial charge is 0.0533 e. The Hall–Kier alpha value is 0. The van der Waals surface area contributed by atoms with Crippen molar-refractivity contribution in [1.29, 1.82) is 0 Å². The predicted octanol–water partition coefficient (Wildman–Crippen LogP) is 8.15. The summed E-state index contributed by atoms with van der Waals surface area (Å²) in [6, 6.07) is 0. The fourth-order valence-corrected chi connectivity index (χ4v) is 2.06. The van der Waals surface area contributed by atoms with Gasteiger partial charge in [-0.05, 0) is 0 Å². The van der Waals surface area contributed by atoms with Crippen LogP contribution in [-0.4, -0.2) is 0 Å². The van der Waals surface area contributed by atoms with E-state index in [2.05, 4.69) is 27.7 Å². The van der Waals surface area contributed by atoms with Crippen molar-refractivity contribution in [1.82, 2.24) is 0 Å². The van der Waals surface area contributed by atoms with Gasteiger partial charge >= 0.3 is 0 Å². The molecule has 0 aliphatic rings. The molecule has 0 aliphatic heterocycles. The van der Waals surface area contributed by atoms with E-state index in [1.807, 2.05) is 0 Å². The van der Waals surface area contributed by atoms with E-state index in [9.17, 15) is 0 Å². The zero-order valence-corrected chi connectivity index (χ0v) is 13.9. The van der Waals surface area contributed by atoms with E-state index in [4.69, 9.17) is 0 Å². The van der Waals surface area contributed by atoms with Gasteiger partial charge in [-0.3, -0.25) is 0 Å². The maximum absolute atomic E-state index is 2.26. The van der Waals surface area contributed by atoms with Gasteiger partial charge in [0.15, 0.2) is 0 Å². The zero-order chi connectivity index (χ0) is 13.9. The van der Waals surface area contributed by atoms with Gasteiger partial charge in [-0.1, -0.05) is 125 Å². The molecule has 0 aromatic rings. The minimum Gasteiger partial charge on any atom is -0.0776 e. The van der Waals surface area contributed by atoms with E-state index < -0.39 is 0 Å². The molecule has 0 heterocycles. The minimum atomic E-state index is 0. The van der Waals surface area contributed by atoms with Crippen LogP contribution < -0.4 is 0 Å². The molecule has 0 fully saturated rings. The molecule has 0 aromatic carbocycles. The molecule has 19 heavy (non-hydrogen) atoms. The number of unbranched alkanes of at least 4 members (excludes halogenated alkanes) is 12. The van der Waals surface area contributed by atoms with Crippen LogP contribution in [0.4, 0.5) is 0 Å². The van der Waals surface area contributed by atoms with Crippen LogP contribution in [0.3, 0.4) is 0 Å². The Morgan fingerprint density at radius 2 is 0.474 bits per heavy atom. The van der Waals surface area contributed by atoms with E-state index >= 15 is 0 Å². The first-order valence-corrected chi connectivity index (χ1v) is 8.83. The number of hydrogen-bond acceptors (Lipinski definition) is 0. The Bertz CT molecular complexity index is 80.6. The first-order valence-electron chi connectivity index (χ1n) is 8.83. The highest BCUT2D eigenvalue weighted by atomic mass is 13.9. The van der Waals surface area contributed by atoms with Crippen LogP contribution in [0, 0.1) is 0 Å². The lowest BCUT2D eigenvalue weighted by Crippen LogP contribution is -1.76.